The van der Waals surface area contributed by atoms with E-state index in [0.717, 1.165) is 51.4 Å². The summed E-state index contributed by atoms with van der Waals surface area (Å²) in [5, 5.41) is 10.1. The molecule has 0 unspecified atom stereocenters. The van der Waals surface area contributed by atoms with Gasteiger partial charge in [-0.05, 0) is 31.2 Å². The molecule has 0 aliphatic carbocycles. The predicted molar refractivity (Wildman–Crippen MR) is 127 cm³/mol. The summed E-state index contributed by atoms with van der Waals surface area (Å²) in [5.74, 6) is 0.869. The summed E-state index contributed by atoms with van der Waals surface area (Å²) < 4.78 is 0. The first-order valence-corrected chi connectivity index (χ1v) is 10.4. The van der Waals surface area contributed by atoms with Crippen LogP contribution in [0.25, 0.3) is 0 Å². The molecule has 0 spiro atoms. The number of aliphatic imine (C=N–C) groups is 1. The Bertz CT molecular complexity index is 683. The highest BCUT2D eigenvalue weighted by atomic mass is 127. The van der Waals surface area contributed by atoms with Crippen molar-refractivity contribution in [3.8, 4) is 0 Å². The Hall–Kier alpha value is -1.35. The van der Waals surface area contributed by atoms with Gasteiger partial charge in [-0.3, -0.25) is 4.99 Å². The Morgan fingerprint density at radius 2 is 1.85 bits per heavy atom. The van der Waals surface area contributed by atoms with Gasteiger partial charge in [-0.25, -0.2) is 4.98 Å². The number of aromatic nitrogens is 1. The number of hydrogen-bond donors (Lipinski definition) is 2. The quantitative estimate of drug-likeness (QED) is 0.252. The SMILES string of the molecule is CN=C(NCCCc1ccccc1)NCCc1csc(N2CCCC2)n1.I. The molecule has 2 N–H and O–H groups in total. The fourth-order valence-electron chi connectivity index (χ4n) is 3.14. The number of aryl methyl sites for hydroxylation is 1. The van der Waals surface area contributed by atoms with Crippen molar-refractivity contribution in [3.63, 3.8) is 0 Å². The van der Waals surface area contributed by atoms with E-state index in [1.54, 1.807) is 11.3 Å². The second-order valence-corrected chi connectivity index (χ2v) is 7.42. The van der Waals surface area contributed by atoms with Crippen LogP contribution in [0, 0.1) is 0 Å². The molecule has 1 aliphatic heterocycles. The number of benzene rings is 1. The molecule has 1 aromatic heterocycles. The third-order valence-corrected chi connectivity index (χ3v) is 5.54. The van der Waals surface area contributed by atoms with E-state index in [4.69, 9.17) is 4.98 Å². The minimum Gasteiger partial charge on any atom is -0.356 e. The van der Waals surface area contributed by atoms with Crippen molar-refractivity contribution in [1.82, 2.24) is 15.6 Å². The lowest BCUT2D eigenvalue weighted by Crippen LogP contribution is -2.38. The van der Waals surface area contributed by atoms with Gasteiger partial charge in [0.25, 0.3) is 0 Å². The third-order valence-electron chi connectivity index (χ3n) is 4.59. The second-order valence-electron chi connectivity index (χ2n) is 6.58. The summed E-state index contributed by atoms with van der Waals surface area (Å²) in [6.07, 6.45) is 5.69. The molecule has 1 aromatic carbocycles. The summed E-state index contributed by atoms with van der Waals surface area (Å²) >= 11 is 1.77. The molecule has 3 rings (SSSR count). The number of anilines is 1. The van der Waals surface area contributed by atoms with Gasteiger partial charge in [-0.1, -0.05) is 30.3 Å². The van der Waals surface area contributed by atoms with Crippen LogP contribution in [0.2, 0.25) is 0 Å². The zero-order valence-corrected chi connectivity index (χ0v) is 19.1. The predicted octanol–water partition coefficient (Wildman–Crippen LogP) is 3.70. The molecule has 0 amide bonds. The van der Waals surface area contributed by atoms with Crippen LogP contribution in [0.3, 0.4) is 0 Å². The first kappa shape index (κ1) is 21.9. The average molecular weight is 499 g/mol. The Morgan fingerprint density at radius 1 is 1.11 bits per heavy atom. The molecule has 2 aromatic rings. The molecule has 0 atom stereocenters. The average Bonchev–Trinajstić information content (AvgIpc) is 3.36. The fraction of sp³-hybridized carbons (Fsp3) is 0.500. The van der Waals surface area contributed by atoms with E-state index in [-0.39, 0.29) is 24.0 Å². The standard InChI is InChI=1S/C20H29N5S.HI/c1-21-19(22-12-7-10-17-8-3-2-4-9-17)23-13-11-18-16-26-20(24-18)25-14-5-6-15-25;/h2-4,8-9,16H,5-7,10-15H2,1H3,(H2,21,22,23);1H. The lowest BCUT2D eigenvalue weighted by Gasteiger charge is -2.12. The maximum absolute atomic E-state index is 4.77. The highest BCUT2D eigenvalue weighted by Crippen LogP contribution is 2.24. The Kier molecular flexibility index (Phi) is 9.90. The summed E-state index contributed by atoms with van der Waals surface area (Å²) in [6, 6.07) is 10.6. The number of guanidine groups is 1. The molecule has 7 heteroatoms. The third kappa shape index (κ3) is 7.29. The van der Waals surface area contributed by atoms with Gasteiger partial charge < -0.3 is 15.5 Å². The largest absolute Gasteiger partial charge is 0.356 e. The van der Waals surface area contributed by atoms with Crippen LogP contribution in [-0.2, 0) is 12.8 Å². The molecule has 0 saturated carbocycles. The number of thiazole rings is 1. The molecule has 1 saturated heterocycles. The van der Waals surface area contributed by atoms with Crippen molar-refractivity contribution in [2.24, 2.45) is 4.99 Å². The molecule has 27 heavy (non-hydrogen) atoms. The summed E-state index contributed by atoms with van der Waals surface area (Å²) in [4.78, 5) is 11.5. The number of halogens is 1. The van der Waals surface area contributed by atoms with Crippen LogP contribution in [0.5, 0.6) is 0 Å². The van der Waals surface area contributed by atoms with E-state index in [0.29, 0.717) is 0 Å². The minimum absolute atomic E-state index is 0. The lowest BCUT2D eigenvalue weighted by atomic mass is 10.1. The van der Waals surface area contributed by atoms with Gasteiger partial charge >= 0.3 is 0 Å². The Balaban J connectivity index is 0.00000261. The van der Waals surface area contributed by atoms with E-state index in [9.17, 15) is 0 Å². The van der Waals surface area contributed by atoms with Crippen LogP contribution in [-0.4, -0.2) is 44.2 Å². The van der Waals surface area contributed by atoms with Gasteiger partial charge in [0.2, 0.25) is 0 Å². The van der Waals surface area contributed by atoms with Crippen molar-refractivity contribution in [1.29, 1.82) is 0 Å². The fourth-order valence-corrected chi connectivity index (χ4v) is 4.05. The van der Waals surface area contributed by atoms with Crippen molar-refractivity contribution >= 4 is 46.4 Å². The van der Waals surface area contributed by atoms with E-state index in [2.05, 4.69) is 56.2 Å². The molecule has 2 heterocycles. The van der Waals surface area contributed by atoms with Crippen molar-refractivity contribution in [2.75, 3.05) is 38.1 Å². The molecule has 1 fully saturated rings. The maximum atomic E-state index is 4.77. The van der Waals surface area contributed by atoms with E-state index in [1.807, 2.05) is 7.05 Å². The highest BCUT2D eigenvalue weighted by Gasteiger charge is 2.15. The molecular weight excluding hydrogens is 469 g/mol. The summed E-state index contributed by atoms with van der Waals surface area (Å²) in [6.45, 7) is 4.08. The molecule has 0 radical (unpaired) electrons. The van der Waals surface area contributed by atoms with E-state index in [1.165, 1.54) is 29.2 Å². The molecule has 5 nitrogen and oxygen atoms in total. The van der Waals surface area contributed by atoms with Crippen LogP contribution in [0.15, 0.2) is 40.7 Å². The lowest BCUT2D eigenvalue weighted by molar-refractivity contribution is 0.736. The van der Waals surface area contributed by atoms with E-state index >= 15 is 0 Å². The van der Waals surface area contributed by atoms with Gasteiger partial charge in [-0.2, -0.15) is 0 Å². The number of nitrogens with one attached hydrogen (secondary N) is 2. The summed E-state index contributed by atoms with van der Waals surface area (Å²) in [5.41, 5.74) is 2.55. The Morgan fingerprint density at radius 3 is 2.59 bits per heavy atom. The molecule has 1 aliphatic rings. The van der Waals surface area contributed by atoms with Gasteiger partial charge in [0.15, 0.2) is 11.1 Å². The maximum Gasteiger partial charge on any atom is 0.190 e. The zero-order chi connectivity index (χ0) is 18.0. The topological polar surface area (TPSA) is 52.6 Å². The zero-order valence-electron chi connectivity index (χ0n) is 16.0. The van der Waals surface area contributed by atoms with Crippen molar-refractivity contribution < 1.29 is 0 Å². The highest BCUT2D eigenvalue weighted by molar-refractivity contribution is 14.0. The van der Waals surface area contributed by atoms with Crippen LogP contribution in [0.1, 0.15) is 30.5 Å². The van der Waals surface area contributed by atoms with Gasteiger partial charge in [0.1, 0.15) is 0 Å². The van der Waals surface area contributed by atoms with Crippen molar-refractivity contribution in [3.05, 3.63) is 47.0 Å². The Labute approximate surface area is 183 Å². The second kappa shape index (κ2) is 12.2. The minimum atomic E-state index is 0. The van der Waals surface area contributed by atoms with Crippen molar-refractivity contribution in [2.45, 2.75) is 32.1 Å². The van der Waals surface area contributed by atoms with E-state index < -0.39 is 0 Å². The number of hydrogen-bond acceptors (Lipinski definition) is 4. The van der Waals surface area contributed by atoms with Gasteiger partial charge in [0.05, 0.1) is 5.69 Å². The number of rotatable bonds is 8. The monoisotopic (exact) mass is 499 g/mol. The normalized spacial score (nSPS) is 14.1. The number of nitrogens with zero attached hydrogens (tertiary/aromatic N) is 3. The van der Waals surface area contributed by atoms with Gasteiger partial charge in [0, 0.05) is 45.0 Å². The van der Waals surface area contributed by atoms with Crippen LogP contribution >= 0.6 is 35.3 Å². The first-order chi connectivity index (χ1) is 12.8. The molecular formula is C20H30IN5S. The molecule has 148 valence electrons. The van der Waals surface area contributed by atoms with Crippen LogP contribution in [0.4, 0.5) is 5.13 Å². The van der Waals surface area contributed by atoms with Crippen LogP contribution < -0.4 is 15.5 Å². The molecule has 0 bridgehead atoms. The first-order valence-electron chi connectivity index (χ1n) is 9.53. The summed E-state index contributed by atoms with van der Waals surface area (Å²) in [7, 11) is 1.82. The van der Waals surface area contributed by atoms with Gasteiger partial charge in [-0.15, -0.1) is 35.3 Å². The smallest absolute Gasteiger partial charge is 0.190 e.